The van der Waals surface area contributed by atoms with Crippen LogP contribution in [0.2, 0.25) is 5.02 Å². The van der Waals surface area contributed by atoms with Crippen LogP contribution in [0.1, 0.15) is 42.6 Å². The lowest BCUT2D eigenvalue weighted by molar-refractivity contribution is -0.144. The van der Waals surface area contributed by atoms with Crippen molar-refractivity contribution in [2.45, 2.75) is 50.6 Å². The summed E-state index contributed by atoms with van der Waals surface area (Å²) in [6.45, 7) is 3.70. The fourth-order valence-electron chi connectivity index (χ4n) is 4.34. The number of hydrogen-bond acceptors (Lipinski definition) is 6. The van der Waals surface area contributed by atoms with Crippen molar-refractivity contribution in [1.82, 2.24) is 14.1 Å². The van der Waals surface area contributed by atoms with Gasteiger partial charge in [-0.1, -0.05) is 11.6 Å². The molecule has 0 spiro atoms. The summed E-state index contributed by atoms with van der Waals surface area (Å²) >= 11 is 6.38. The minimum Gasteiger partial charge on any atom is -0.465 e. The number of aryl methyl sites for hydroxylation is 1. The van der Waals surface area contributed by atoms with Gasteiger partial charge in [-0.15, -0.1) is 0 Å². The lowest BCUT2D eigenvalue weighted by Crippen LogP contribution is -2.33. The predicted octanol–water partition coefficient (Wildman–Crippen LogP) is 5.04. The molecule has 0 unspecified atom stereocenters. The summed E-state index contributed by atoms with van der Waals surface area (Å²) in [7, 11) is -2.39. The Kier molecular flexibility index (Phi) is 7.67. The maximum absolute atomic E-state index is 13.5. The van der Waals surface area contributed by atoms with E-state index in [1.807, 2.05) is 0 Å². The Labute approximate surface area is 214 Å². The molecule has 4 rings (SSSR count). The maximum Gasteiger partial charge on any atom is 0.327 e. The Hall–Kier alpha value is -2.95. The summed E-state index contributed by atoms with van der Waals surface area (Å²) in [5.41, 5.74) is 2.19. The van der Waals surface area contributed by atoms with E-state index in [9.17, 15) is 17.6 Å². The van der Waals surface area contributed by atoms with Crippen molar-refractivity contribution in [3.05, 3.63) is 70.3 Å². The molecular weight excluding hydrogens is 509 g/mol. The molecule has 0 amide bonds. The van der Waals surface area contributed by atoms with Crippen LogP contribution in [0.5, 0.6) is 11.5 Å². The lowest BCUT2D eigenvalue weighted by Gasteiger charge is -2.31. The molecule has 36 heavy (non-hydrogen) atoms. The van der Waals surface area contributed by atoms with Crippen molar-refractivity contribution >= 4 is 27.6 Å². The van der Waals surface area contributed by atoms with Crippen LogP contribution in [-0.2, 0) is 32.5 Å². The average molecular weight is 536 g/mol. The Morgan fingerprint density at radius 2 is 2.00 bits per heavy atom. The Morgan fingerprint density at radius 3 is 2.69 bits per heavy atom. The van der Waals surface area contributed by atoms with Crippen LogP contribution in [0.3, 0.4) is 0 Å². The molecule has 1 atom stereocenters. The van der Waals surface area contributed by atoms with Crippen LogP contribution >= 0.6 is 11.6 Å². The number of hydrogen-bond donors (Lipinski definition) is 0. The normalized spacial score (nSPS) is 15.6. The van der Waals surface area contributed by atoms with E-state index in [1.54, 1.807) is 24.7 Å². The number of esters is 1. The molecule has 11 heteroatoms. The zero-order chi connectivity index (χ0) is 26.0. The van der Waals surface area contributed by atoms with Crippen LogP contribution in [0.25, 0.3) is 0 Å². The number of halogens is 2. The number of sulfonamides is 1. The van der Waals surface area contributed by atoms with E-state index in [0.717, 1.165) is 17.7 Å². The first-order chi connectivity index (χ1) is 17.1. The van der Waals surface area contributed by atoms with Gasteiger partial charge in [0.25, 0.3) is 0 Å². The topological polar surface area (TPSA) is 90.7 Å². The number of ether oxygens (including phenoxy) is 2. The summed E-state index contributed by atoms with van der Waals surface area (Å²) < 4.78 is 54.1. The summed E-state index contributed by atoms with van der Waals surface area (Å²) in [6.07, 6.45) is 3.68. The molecule has 0 fully saturated rings. The third-order valence-electron chi connectivity index (χ3n) is 6.19. The van der Waals surface area contributed by atoms with Gasteiger partial charge in [0, 0.05) is 18.3 Å². The van der Waals surface area contributed by atoms with E-state index < -0.39 is 16.1 Å². The first kappa shape index (κ1) is 26.1. The number of carbonyl (C=O) groups is 1. The van der Waals surface area contributed by atoms with Crippen molar-refractivity contribution in [3.8, 4) is 11.5 Å². The molecule has 0 radical (unpaired) electrons. The molecule has 8 nitrogen and oxygen atoms in total. The van der Waals surface area contributed by atoms with Crippen molar-refractivity contribution in [1.29, 1.82) is 0 Å². The third-order valence-corrected chi connectivity index (χ3v) is 8.35. The monoisotopic (exact) mass is 535 g/mol. The highest BCUT2D eigenvalue weighted by molar-refractivity contribution is 7.89. The Bertz CT molecular complexity index is 1390. The van der Waals surface area contributed by atoms with E-state index in [1.165, 1.54) is 47.8 Å². The number of rotatable bonds is 8. The van der Waals surface area contributed by atoms with Gasteiger partial charge in [0.05, 0.1) is 28.8 Å². The highest BCUT2D eigenvalue weighted by Gasteiger charge is 2.34. The summed E-state index contributed by atoms with van der Waals surface area (Å²) in [6, 6.07) is 7.92. The quantitative estimate of drug-likeness (QED) is 0.375. The van der Waals surface area contributed by atoms with Gasteiger partial charge < -0.3 is 9.47 Å². The summed E-state index contributed by atoms with van der Waals surface area (Å²) in [5.74, 6) is -0.0965. The Balaban J connectivity index is 1.57. The first-order valence-corrected chi connectivity index (χ1v) is 13.4. The van der Waals surface area contributed by atoms with Gasteiger partial charge in [0.2, 0.25) is 10.0 Å². The molecule has 1 aliphatic rings. The van der Waals surface area contributed by atoms with Crippen LogP contribution in [0.15, 0.2) is 47.5 Å². The van der Waals surface area contributed by atoms with Crippen molar-refractivity contribution in [2.75, 3.05) is 13.7 Å². The van der Waals surface area contributed by atoms with E-state index in [0.29, 0.717) is 24.2 Å². The van der Waals surface area contributed by atoms with Gasteiger partial charge in [-0.25, -0.2) is 12.8 Å². The molecule has 1 heterocycles. The molecule has 2 aromatic carbocycles. The highest BCUT2D eigenvalue weighted by Crippen LogP contribution is 2.38. The van der Waals surface area contributed by atoms with Gasteiger partial charge >= 0.3 is 5.97 Å². The molecule has 192 valence electrons. The zero-order valence-electron chi connectivity index (χ0n) is 20.2. The average Bonchev–Trinajstić information content (AvgIpc) is 3.24. The fraction of sp³-hybridized carbons (Fsp3) is 0.360. The first-order valence-electron chi connectivity index (χ1n) is 11.5. The molecule has 0 bridgehead atoms. The van der Waals surface area contributed by atoms with Crippen molar-refractivity contribution in [2.24, 2.45) is 0 Å². The minimum absolute atomic E-state index is 0.0169. The summed E-state index contributed by atoms with van der Waals surface area (Å²) in [4.78, 5) is 12.0. The van der Waals surface area contributed by atoms with E-state index >= 15 is 0 Å². The summed E-state index contributed by atoms with van der Waals surface area (Å²) in [5, 5.41) is 4.43. The number of fused-ring (bicyclic) bond motifs is 1. The number of aromatic nitrogens is 2. The SMILES string of the molecule is CCOC(=O)Cn1ncc2c1CCC[C@H]2N(C)S(=O)(=O)c1ccc(Oc2ccc(F)cc2C)c(Cl)c1. The fourth-order valence-corrected chi connectivity index (χ4v) is 6.02. The molecule has 0 saturated carbocycles. The van der Waals surface area contributed by atoms with Gasteiger partial charge in [-0.2, -0.15) is 9.40 Å². The highest BCUT2D eigenvalue weighted by atomic mass is 35.5. The van der Waals surface area contributed by atoms with E-state index in [2.05, 4.69) is 5.10 Å². The maximum atomic E-state index is 13.5. The number of benzene rings is 2. The van der Waals surface area contributed by atoms with Crippen LogP contribution in [0.4, 0.5) is 4.39 Å². The van der Waals surface area contributed by atoms with Crippen LogP contribution in [-0.4, -0.2) is 42.1 Å². The Morgan fingerprint density at radius 1 is 1.25 bits per heavy atom. The van der Waals surface area contributed by atoms with Gasteiger partial charge in [0.1, 0.15) is 23.9 Å². The standard InChI is InChI=1S/C25H27ClFN3O5S/c1-4-34-25(31)15-30-22-7-5-6-21(19(22)14-28-30)29(3)36(32,33)18-9-11-24(20(26)13-18)35-23-10-8-17(27)12-16(23)2/h8-14,21H,4-7,15H2,1-3H3/t21-/m1/s1. The second-order valence-corrected chi connectivity index (χ2v) is 10.9. The van der Waals surface area contributed by atoms with Gasteiger partial charge in [-0.3, -0.25) is 9.48 Å². The lowest BCUT2D eigenvalue weighted by atomic mass is 9.93. The molecule has 0 aliphatic heterocycles. The van der Waals surface area contributed by atoms with E-state index in [-0.39, 0.29) is 40.6 Å². The van der Waals surface area contributed by atoms with Gasteiger partial charge in [-0.05, 0) is 75.1 Å². The van der Waals surface area contributed by atoms with Crippen molar-refractivity contribution in [3.63, 3.8) is 0 Å². The third kappa shape index (κ3) is 5.25. The van der Waals surface area contributed by atoms with Crippen LogP contribution in [0, 0.1) is 12.7 Å². The minimum atomic E-state index is -3.91. The number of carbonyl (C=O) groups excluding carboxylic acids is 1. The van der Waals surface area contributed by atoms with Crippen LogP contribution < -0.4 is 4.74 Å². The van der Waals surface area contributed by atoms with E-state index in [4.69, 9.17) is 21.1 Å². The molecule has 0 saturated heterocycles. The second-order valence-electron chi connectivity index (χ2n) is 8.54. The molecular formula is C25H27ClFN3O5S. The predicted molar refractivity (Wildman–Crippen MR) is 132 cm³/mol. The largest absolute Gasteiger partial charge is 0.465 e. The number of nitrogens with zero attached hydrogens (tertiary/aromatic N) is 3. The smallest absolute Gasteiger partial charge is 0.327 e. The van der Waals surface area contributed by atoms with Gasteiger partial charge in [0.15, 0.2) is 0 Å². The second kappa shape index (κ2) is 10.6. The molecule has 1 aromatic heterocycles. The zero-order valence-corrected chi connectivity index (χ0v) is 21.8. The molecule has 0 N–H and O–H groups in total. The molecule has 3 aromatic rings. The molecule has 1 aliphatic carbocycles. The van der Waals surface area contributed by atoms with Crippen molar-refractivity contribution < 1.29 is 27.1 Å².